The van der Waals surface area contributed by atoms with Gasteiger partial charge in [0, 0.05) is 7.11 Å². The lowest BCUT2D eigenvalue weighted by atomic mass is 10.7. The topological polar surface area (TPSA) is 57.2 Å². The number of carbonyl (C=O) groups is 1. The second-order valence-corrected chi connectivity index (χ2v) is 2.28. The molecule has 0 aromatic heterocycles. The Hall–Kier alpha value is -0.850. The van der Waals surface area contributed by atoms with Gasteiger partial charge in [-0.1, -0.05) is 0 Å². The minimum Gasteiger partial charge on any atom is -0.417 e. The largest absolute Gasteiger partial charge is 0.462 e. The Morgan fingerprint density at radius 2 is 1.79 bits per heavy atom. The molecule has 14 heavy (non-hydrogen) atoms. The van der Waals surface area contributed by atoms with E-state index in [2.05, 4.69) is 0 Å². The van der Waals surface area contributed by atoms with Crippen LogP contribution in [0.25, 0.3) is 0 Å². The lowest BCUT2D eigenvalue weighted by Gasteiger charge is -2.20. The predicted octanol–water partition coefficient (Wildman–Crippen LogP) is 1.32. The van der Waals surface area contributed by atoms with Crippen LogP contribution in [0.4, 0.5) is 4.79 Å². The smallest absolute Gasteiger partial charge is 0.417 e. The number of amides is 1. The van der Waals surface area contributed by atoms with E-state index in [4.69, 9.17) is 19.1 Å². The van der Waals surface area contributed by atoms with Crippen molar-refractivity contribution in [1.29, 1.82) is 0 Å². The molecule has 0 rings (SSSR count). The van der Waals surface area contributed by atoms with Crippen LogP contribution in [-0.4, -0.2) is 37.9 Å². The van der Waals surface area contributed by atoms with Gasteiger partial charge in [0.1, 0.15) is 0 Å². The molecule has 0 heterocycles. The molecule has 0 aliphatic carbocycles. The quantitative estimate of drug-likeness (QED) is 0.485. The van der Waals surface area contributed by atoms with Crippen molar-refractivity contribution in [3.05, 3.63) is 0 Å². The van der Waals surface area contributed by atoms with E-state index < -0.39 is 12.4 Å². The van der Waals surface area contributed by atoms with Gasteiger partial charge >= 0.3 is 6.09 Å². The highest BCUT2D eigenvalue weighted by Gasteiger charge is 2.18. The maximum Gasteiger partial charge on any atom is 0.462 e. The summed E-state index contributed by atoms with van der Waals surface area (Å²) < 4.78 is 9.53. The molecule has 0 aromatic rings. The van der Waals surface area contributed by atoms with Crippen molar-refractivity contribution in [1.82, 2.24) is 5.23 Å². The molecule has 0 N–H and O–H groups in total. The summed E-state index contributed by atoms with van der Waals surface area (Å²) >= 11 is 0. The molecule has 0 bridgehead atoms. The molecule has 84 valence electrons. The monoisotopic (exact) mass is 207 g/mol. The lowest BCUT2D eigenvalue weighted by Crippen LogP contribution is -2.34. The van der Waals surface area contributed by atoms with Crippen LogP contribution in [0.1, 0.15) is 20.8 Å². The molecule has 1 atom stereocenters. The van der Waals surface area contributed by atoms with Crippen LogP contribution in [0.5, 0.6) is 0 Å². The predicted molar refractivity (Wildman–Crippen MR) is 48.0 cm³/mol. The molecule has 1 amide bonds. The molecule has 6 heteroatoms. The summed E-state index contributed by atoms with van der Waals surface area (Å²) in [5, 5.41) is 0.704. The van der Waals surface area contributed by atoms with Crippen LogP contribution in [0.15, 0.2) is 0 Å². The van der Waals surface area contributed by atoms with E-state index >= 15 is 0 Å². The Morgan fingerprint density at radius 3 is 2.14 bits per heavy atom. The van der Waals surface area contributed by atoms with Crippen LogP contribution in [0.3, 0.4) is 0 Å². The molecule has 0 fully saturated rings. The number of rotatable bonds is 6. The number of ether oxygens (including phenoxy) is 2. The van der Waals surface area contributed by atoms with Crippen molar-refractivity contribution in [2.75, 3.05) is 20.3 Å². The first-order chi connectivity index (χ1) is 6.65. The molecule has 1 unspecified atom stereocenters. The summed E-state index contributed by atoms with van der Waals surface area (Å²) in [6.07, 6.45) is -1.37. The van der Waals surface area contributed by atoms with E-state index in [9.17, 15) is 4.79 Å². The number of nitrogens with zero attached hydrogens (tertiary/aromatic N) is 1. The molecule has 0 radical (unpaired) electrons. The van der Waals surface area contributed by atoms with Crippen molar-refractivity contribution >= 4 is 6.09 Å². The van der Waals surface area contributed by atoms with Gasteiger partial charge in [-0.3, -0.25) is 0 Å². The molecule has 0 aliphatic rings. The van der Waals surface area contributed by atoms with Gasteiger partial charge in [0.25, 0.3) is 0 Å². The first kappa shape index (κ1) is 13.2. The fourth-order valence-electron chi connectivity index (χ4n) is 0.610. The Kier molecular flexibility index (Phi) is 7.09. The minimum atomic E-state index is -0.733. The number of hydrogen-bond donors (Lipinski definition) is 0. The molecule has 0 saturated carbocycles. The van der Waals surface area contributed by atoms with E-state index in [1.165, 1.54) is 7.11 Å². The third-order valence-electron chi connectivity index (χ3n) is 1.24. The highest BCUT2D eigenvalue weighted by atomic mass is 17.0. The Morgan fingerprint density at radius 1 is 1.29 bits per heavy atom. The normalized spacial score (nSPS) is 12.3. The summed E-state index contributed by atoms with van der Waals surface area (Å²) in [5.74, 6) is 0. The van der Waals surface area contributed by atoms with E-state index in [0.717, 1.165) is 0 Å². The van der Waals surface area contributed by atoms with E-state index in [-0.39, 0.29) is 0 Å². The SMILES string of the molecule is CCON(OCC)C(=O)OC(C)OC. The summed E-state index contributed by atoms with van der Waals surface area (Å²) in [6, 6.07) is 0. The highest BCUT2D eigenvalue weighted by molar-refractivity contribution is 5.65. The maximum absolute atomic E-state index is 11.3. The van der Waals surface area contributed by atoms with Gasteiger partial charge in [-0.2, -0.15) is 0 Å². The molecular weight excluding hydrogens is 190 g/mol. The van der Waals surface area contributed by atoms with E-state index in [1.54, 1.807) is 20.8 Å². The fraction of sp³-hybridized carbons (Fsp3) is 0.875. The molecular formula is C8H17NO5. The van der Waals surface area contributed by atoms with Gasteiger partial charge in [-0.05, 0) is 26.0 Å². The van der Waals surface area contributed by atoms with Crippen molar-refractivity contribution < 1.29 is 23.9 Å². The molecule has 0 saturated heterocycles. The Bertz CT molecular complexity index is 158. The summed E-state index contributed by atoms with van der Waals surface area (Å²) in [6.45, 7) is 5.69. The lowest BCUT2D eigenvalue weighted by molar-refractivity contribution is -0.337. The zero-order valence-corrected chi connectivity index (χ0v) is 8.98. The molecule has 0 spiro atoms. The number of hydroxylamine groups is 2. The van der Waals surface area contributed by atoms with Crippen LogP contribution < -0.4 is 0 Å². The van der Waals surface area contributed by atoms with Gasteiger partial charge in [0.15, 0.2) is 0 Å². The third kappa shape index (κ3) is 5.00. The standard InChI is InChI=1S/C8H17NO5/c1-5-12-9(13-6-2)8(10)14-7(3)11-4/h7H,5-6H2,1-4H3. The zero-order valence-electron chi connectivity index (χ0n) is 8.98. The Balaban J connectivity index is 4.00. The average Bonchev–Trinajstić information content (AvgIpc) is 2.17. The number of hydrogen-bond acceptors (Lipinski definition) is 5. The van der Waals surface area contributed by atoms with E-state index in [1.807, 2.05) is 0 Å². The van der Waals surface area contributed by atoms with E-state index in [0.29, 0.717) is 18.4 Å². The average molecular weight is 207 g/mol. The summed E-state index contributed by atoms with van der Waals surface area (Å²) in [7, 11) is 1.43. The zero-order chi connectivity index (χ0) is 11.0. The first-order valence-corrected chi connectivity index (χ1v) is 4.45. The van der Waals surface area contributed by atoms with Crippen molar-refractivity contribution in [2.45, 2.75) is 27.1 Å². The number of methoxy groups -OCH3 is 1. The van der Waals surface area contributed by atoms with Crippen LogP contribution in [0, 0.1) is 0 Å². The summed E-state index contributed by atoms with van der Waals surface area (Å²) in [5.41, 5.74) is 0. The van der Waals surface area contributed by atoms with Crippen molar-refractivity contribution in [2.24, 2.45) is 0 Å². The van der Waals surface area contributed by atoms with Gasteiger partial charge < -0.3 is 9.47 Å². The van der Waals surface area contributed by atoms with Crippen LogP contribution in [-0.2, 0) is 19.1 Å². The molecule has 6 nitrogen and oxygen atoms in total. The van der Waals surface area contributed by atoms with Crippen LogP contribution >= 0.6 is 0 Å². The van der Waals surface area contributed by atoms with Crippen LogP contribution in [0.2, 0.25) is 0 Å². The Labute approximate surface area is 83.6 Å². The van der Waals surface area contributed by atoms with Crippen molar-refractivity contribution in [3.8, 4) is 0 Å². The highest BCUT2D eigenvalue weighted by Crippen LogP contribution is 2.01. The third-order valence-corrected chi connectivity index (χ3v) is 1.24. The maximum atomic E-state index is 11.3. The fourth-order valence-corrected chi connectivity index (χ4v) is 0.610. The van der Waals surface area contributed by atoms with Gasteiger partial charge in [-0.25, -0.2) is 14.5 Å². The number of carbonyl (C=O) groups excluding carboxylic acids is 1. The summed E-state index contributed by atoms with van der Waals surface area (Å²) in [4.78, 5) is 21.0. The van der Waals surface area contributed by atoms with Gasteiger partial charge in [0.05, 0.1) is 13.2 Å². The second-order valence-electron chi connectivity index (χ2n) is 2.28. The molecule has 0 aromatic carbocycles. The second kappa shape index (κ2) is 7.54. The van der Waals surface area contributed by atoms with Gasteiger partial charge in [-0.15, -0.1) is 0 Å². The van der Waals surface area contributed by atoms with Crippen molar-refractivity contribution in [3.63, 3.8) is 0 Å². The molecule has 0 aliphatic heterocycles. The minimum absolute atomic E-state index is 0.316. The van der Waals surface area contributed by atoms with Gasteiger partial charge in [0.2, 0.25) is 6.29 Å². The first-order valence-electron chi connectivity index (χ1n) is 4.45.